The third-order valence-electron chi connectivity index (χ3n) is 2.61. The Morgan fingerprint density at radius 1 is 0.933 bits per heavy atom. The predicted molar refractivity (Wildman–Crippen MR) is 74.0 cm³/mol. The van der Waals surface area contributed by atoms with E-state index in [1.165, 1.54) is 51.4 Å². The Kier molecular flexibility index (Phi) is 12.4. The summed E-state index contributed by atoms with van der Waals surface area (Å²) in [6, 6.07) is 0. The molecule has 15 heavy (non-hydrogen) atoms. The van der Waals surface area contributed by atoms with E-state index in [1.54, 1.807) is 0 Å². The van der Waals surface area contributed by atoms with Crippen molar-refractivity contribution in [3.8, 4) is 0 Å². The highest BCUT2D eigenvalue weighted by Crippen LogP contribution is 2.10. The first kappa shape index (κ1) is 15.2. The lowest BCUT2D eigenvalue weighted by atomic mass is 10.1. The minimum atomic E-state index is 0.165. The van der Waals surface area contributed by atoms with Crippen LogP contribution in [-0.4, -0.2) is 5.91 Å². The second-order valence-electron chi connectivity index (χ2n) is 4.10. The molecule has 0 aromatic rings. The largest absolute Gasteiger partial charge is 0.299 e. The maximum absolute atomic E-state index is 10.9. The number of nitrogens with one attached hydrogen (secondary N) is 1. The molecule has 90 valence electrons. The van der Waals surface area contributed by atoms with Crippen LogP contribution in [0.2, 0.25) is 0 Å². The Hall–Kier alpha value is 0.200. The summed E-state index contributed by atoms with van der Waals surface area (Å²) in [7, 11) is 0. The van der Waals surface area contributed by atoms with Crippen LogP contribution in [0.5, 0.6) is 0 Å². The zero-order valence-electron chi connectivity index (χ0n) is 9.86. The van der Waals surface area contributed by atoms with E-state index in [1.807, 2.05) is 22.9 Å². The summed E-state index contributed by atoms with van der Waals surface area (Å²) >= 11 is 1.90. The van der Waals surface area contributed by atoms with Crippen molar-refractivity contribution in [2.24, 2.45) is 0 Å². The Morgan fingerprint density at radius 3 is 1.87 bits per heavy atom. The fourth-order valence-electron chi connectivity index (χ4n) is 1.64. The van der Waals surface area contributed by atoms with Gasteiger partial charge in [-0.1, -0.05) is 58.3 Å². The van der Waals surface area contributed by atoms with E-state index in [0.717, 1.165) is 6.42 Å². The predicted octanol–water partition coefficient (Wildman–Crippen LogP) is 4.37. The Balaban J connectivity index is 2.95. The molecule has 0 rings (SSSR count). The highest BCUT2D eigenvalue weighted by molar-refractivity contribution is 14.1. The van der Waals surface area contributed by atoms with Crippen molar-refractivity contribution >= 4 is 28.8 Å². The van der Waals surface area contributed by atoms with Gasteiger partial charge in [0.05, 0.1) is 22.9 Å². The molecule has 0 radical (unpaired) electrons. The van der Waals surface area contributed by atoms with Crippen molar-refractivity contribution in [3.05, 3.63) is 0 Å². The first-order valence-corrected chi connectivity index (χ1v) is 7.28. The third-order valence-corrected chi connectivity index (χ3v) is 3.21. The number of hydrogen-bond acceptors (Lipinski definition) is 1. The van der Waals surface area contributed by atoms with Gasteiger partial charge in [-0.15, -0.1) is 0 Å². The number of carbonyl (C=O) groups excluding carboxylic acids is 1. The molecule has 0 unspecified atom stereocenters. The highest BCUT2D eigenvalue weighted by Gasteiger charge is 1.97. The van der Waals surface area contributed by atoms with Gasteiger partial charge in [-0.3, -0.25) is 8.32 Å². The molecule has 2 nitrogen and oxygen atoms in total. The van der Waals surface area contributed by atoms with Crippen LogP contribution in [0.4, 0.5) is 0 Å². The summed E-state index contributed by atoms with van der Waals surface area (Å²) in [6.45, 7) is 2.25. The molecule has 1 N–H and O–H groups in total. The van der Waals surface area contributed by atoms with Crippen LogP contribution in [0.3, 0.4) is 0 Å². The topological polar surface area (TPSA) is 29.1 Å². The lowest BCUT2D eigenvalue weighted by molar-refractivity contribution is -0.118. The van der Waals surface area contributed by atoms with E-state index in [0.29, 0.717) is 6.42 Å². The molecular formula is C12H24INO. The van der Waals surface area contributed by atoms with E-state index in [-0.39, 0.29) is 5.91 Å². The molecule has 0 heterocycles. The van der Waals surface area contributed by atoms with Gasteiger partial charge < -0.3 is 0 Å². The van der Waals surface area contributed by atoms with Gasteiger partial charge in [-0.2, -0.15) is 0 Å². The number of unbranched alkanes of at least 4 members (excludes halogenated alkanes) is 8. The molecule has 0 aliphatic rings. The minimum absolute atomic E-state index is 0.165. The van der Waals surface area contributed by atoms with E-state index in [9.17, 15) is 4.79 Å². The molecule has 1 amide bonds. The molecule has 0 spiro atoms. The van der Waals surface area contributed by atoms with Gasteiger partial charge in [0.25, 0.3) is 0 Å². The molecule has 0 bridgehead atoms. The monoisotopic (exact) mass is 325 g/mol. The van der Waals surface area contributed by atoms with Crippen molar-refractivity contribution in [3.63, 3.8) is 0 Å². The summed E-state index contributed by atoms with van der Waals surface area (Å²) in [5, 5.41) is 0. The van der Waals surface area contributed by atoms with E-state index in [4.69, 9.17) is 0 Å². The summed E-state index contributed by atoms with van der Waals surface area (Å²) in [5.74, 6) is 0.165. The van der Waals surface area contributed by atoms with Crippen LogP contribution >= 0.6 is 22.9 Å². The fraction of sp³-hybridized carbons (Fsp3) is 0.917. The van der Waals surface area contributed by atoms with Crippen molar-refractivity contribution < 1.29 is 4.79 Å². The van der Waals surface area contributed by atoms with Gasteiger partial charge in [-0.25, -0.2) is 0 Å². The first-order valence-electron chi connectivity index (χ1n) is 6.20. The average Bonchev–Trinajstić information content (AvgIpc) is 2.26. The Bertz CT molecular complexity index is 151. The van der Waals surface area contributed by atoms with Crippen molar-refractivity contribution in [1.82, 2.24) is 3.53 Å². The number of halogens is 1. The number of rotatable bonds is 10. The molecule has 0 saturated carbocycles. The Morgan fingerprint density at radius 2 is 1.40 bits per heavy atom. The van der Waals surface area contributed by atoms with Gasteiger partial charge in [-0.05, 0) is 6.42 Å². The highest BCUT2D eigenvalue weighted by atomic mass is 127. The number of amides is 1. The molecule has 0 aromatic heterocycles. The fourth-order valence-corrected chi connectivity index (χ4v) is 1.91. The average molecular weight is 325 g/mol. The molecule has 0 saturated heterocycles. The standard InChI is InChI=1S/C12H24INO/c1-2-3-4-5-6-7-8-9-10-11-12(15)14-13/h2-11H2,1H3,(H,14,15). The smallest absolute Gasteiger partial charge is 0.228 e. The SMILES string of the molecule is CCCCCCCCCCCC(=O)NI. The van der Waals surface area contributed by atoms with Gasteiger partial charge >= 0.3 is 0 Å². The van der Waals surface area contributed by atoms with Gasteiger partial charge in [0.2, 0.25) is 5.91 Å². The zero-order valence-corrected chi connectivity index (χ0v) is 12.0. The van der Waals surface area contributed by atoms with Gasteiger partial charge in [0.15, 0.2) is 0 Å². The van der Waals surface area contributed by atoms with Crippen LogP contribution in [0, 0.1) is 0 Å². The first-order chi connectivity index (χ1) is 7.31. The summed E-state index contributed by atoms with van der Waals surface area (Å²) in [6.07, 6.45) is 12.5. The quantitative estimate of drug-likeness (QED) is 0.361. The molecule has 0 aliphatic carbocycles. The van der Waals surface area contributed by atoms with Gasteiger partial charge in [0, 0.05) is 6.42 Å². The molecule has 0 fully saturated rings. The summed E-state index contributed by atoms with van der Waals surface area (Å²) < 4.78 is 2.62. The molecule has 3 heteroatoms. The third kappa shape index (κ3) is 12.1. The van der Waals surface area contributed by atoms with Crippen molar-refractivity contribution in [2.45, 2.75) is 71.1 Å². The summed E-state index contributed by atoms with van der Waals surface area (Å²) in [5.41, 5.74) is 0. The molecule has 0 aromatic carbocycles. The maximum atomic E-state index is 10.9. The van der Waals surface area contributed by atoms with E-state index >= 15 is 0 Å². The second kappa shape index (κ2) is 12.3. The number of carbonyl (C=O) groups is 1. The lowest BCUT2D eigenvalue weighted by Gasteiger charge is -2.01. The van der Waals surface area contributed by atoms with Crippen LogP contribution in [0.15, 0.2) is 0 Å². The Labute approximate surface area is 108 Å². The van der Waals surface area contributed by atoms with Crippen molar-refractivity contribution in [2.75, 3.05) is 0 Å². The maximum Gasteiger partial charge on any atom is 0.228 e. The summed E-state index contributed by atoms with van der Waals surface area (Å²) in [4.78, 5) is 10.9. The van der Waals surface area contributed by atoms with Crippen LogP contribution < -0.4 is 3.53 Å². The zero-order chi connectivity index (χ0) is 11.4. The van der Waals surface area contributed by atoms with Gasteiger partial charge in [0.1, 0.15) is 0 Å². The second-order valence-corrected chi connectivity index (χ2v) is 4.64. The molecule has 0 aliphatic heterocycles. The lowest BCUT2D eigenvalue weighted by Crippen LogP contribution is -2.10. The van der Waals surface area contributed by atoms with Crippen LogP contribution in [0.1, 0.15) is 71.1 Å². The number of hydrogen-bond donors (Lipinski definition) is 1. The minimum Gasteiger partial charge on any atom is -0.299 e. The van der Waals surface area contributed by atoms with Crippen LogP contribution in [0.25, 0.3) is 0 Å². The normalized spacial score (nSPS) is 10.3. The molecular weight excluding hydrogens is 301 g/mol. The van der Waals surface area contributed by atoms with E-state index < -0.39 is 0 Å². The van der Waals surface area contributed by atoms with Crippen LogP contribution in [-0.2, 0) is 4.79 Å². The van der Waals surface area contributed by atoms with Crippen molar-refractivity contribution in [1.29, 1.82) is 0 Å². The van der Waals surface area contributed by atoms with E-state index in [2.05, 4.69) is 10.5 Å². The molecule has 0 atom stereocenters.